The zero-order chi connectivity index (χ0) is 19.7. The smallest absolute Gasteiger partial charge is 0.115 e. The van der Waals surface area contributed by atoms with Crippen molar-refractivity contribution in [2.24, 2.45) is 0 Å². The van der Waals surface area contributed by atoms with Crippen LogP contribution in [0.25, 0.3) is 11.1 Å². The van der Waals surface area contributed by atoms with Crippen LogP contribution in [0, 0.1) is 0 Å². The third kappa shape index (κ3) is 5.45. The van der Waals surface area contributed by atoms with Crippen LogP contribution in [-0.4, -0.2) is 46.8 Å². The molecule has 2 aromatic carbocycles. The summed E-state index contributed by atoms with van der Waals surface area (Å²) in [7, 11) is 0. The molecule has 0 radical (unpaired) electrons. The van der Waals surface area contributed by atoms with Gasteiger partial charge in [0.15, 0.2) is 0 Å². The number of phenolic OH excluding ortho intramolecular Hbond substituents is 2. The molecule has 5 nitrogen and oxygen atoms in total. The number of aromatic hydroxyl groups is 2. The molecule has 2 saturated heterocycles. The molecule has 2 aliphatic rings. The highest BCUT2D eigenvalue weighted by atomic mass is 16.6. The number of phenols is 2. The minimum atomic E-state index is -0.185. The minimum absolute atomic E-state index is 0.185. The lowest BCUT2D eigenvalue weighted by molar-refractivity contribution is -0.142. The van der Waals surface area contributed by atoms with E-state index in [1.54, 1.807) is 24.3 Å². The molecule has 2 fully saturated rings. The summed E-state index contributed by atoms with van der Waals surface area (Å²) in [5.74, 6) is 0.514. The summed E-state index contributed by atoms with van der Waals surface area (Å²) in [6.07, 6.45) is 0.538. The average molecular weight is 372 g/mol. The second kappa shape index (κ2) is 7.50. The Balaban J connectivity index is 0.000000156. The number of rotatable bonds is 5. The van der Waals surface area contributed by atoms with Crippen LogP contribution in [-0.2, 0) is 14.2 Å². The normalized spacial score (nSPS) is 21.2. The second-order valence-corrected chi connectivity index (χ2v) is 8.05. The Morgan fingerprint density at radius 3 is 1.26 bits per heavy atom. The third-order valence-electron chi connectivity index (χ3n) is 4.81. The van der Waals surface area contributed by atoms with Crippen molar-refractivity contribution in [3.63, 3.8) is 0 Å². The van der Waals surface area contributed by atoms with Gasteiger partial charge in [0.05, 0.1) is 24.4 Å². The molecule has 5 heteroatoms. The lowest BCUT2D eigenvalue weighted by Crippen LogP contribution is -2.44. The summed E-state index contributed by atoms with van der Waals surface area (Å²) in [5.41, 5.74) is 1.66. The summed E-state index contributed by atoms with van der Waals surface area (Å²) in [4.78, 5) is 0. The maximum Gasteiger partial charge on any atom is 0.115 e. The van der Waals surface area contributed by atoms with Gasteiger partial charge in [0.1, 0.15) is 23.7 Å². The van der Waals surface area contributed by atoms with Crippen LogP contribution in [0.3, 0.4) is 0 Å². The molecule has 2 aromatic rings. The van der Waals surface area contributed by atoms with E-state index in [1.165, 1.54) is 0 Å². The zero-order valence-corrected chi connectivity index (χ0v) is 16.3. The lowest BCUT2D eigenvalue weighted by atomic mass is 10.0. The predicted molar refractivity (Wildman–Crippen MR) is 104 cm³/mol. The molecule has 0 saturated carbocycles. The van der Waals surface area contributed by atoms with Gasteiger partial charge in [-0.05, 0) is 63.1 Å². The molecular formula is C22H28O5. The van der Waals surface area contributed by atoms with Crippen molar-refractivity contribution in [1.82, 2.24) is 0 Å². The van der Waals surface area contributed by atoms with Crippen molar-refractivity contribution in [1.29, 1.82) is 0 Å². The topological polar surface area (TPSA) is 74.8 Å². The van der Waals surface area contributed by atoms with Crippen LogP contribution in [0.15, 0.2) is 48.5 Å². The molecule has 0 amide bonds. The molecular weight excluding hydrogens is 344 g/mol. The van der Waals surface area contributed by atoms with E-state index in [2.05, 4.69) is 27.7 Å². The second-order valence-electron chi connectivity index (χ2n) is 8.05. The third-order valence-corrected chi connectivity index (χ3v) is 4.81. The van der Waals surface area contributed by atoms with Crippen LogP contribution in [0.5, 0.6) is 11.5 Å². The van der Waals surface area contributed by atoms with Gasteiger partial charge in [0.2, 0.25) is 0 Å². The molecule has 0 aliphatic carbocycles. The molecule has 0 bridgehead atoms. The van der Waals surface area contributed by atoms with Gasteiger partial charge in [-0.2, -0.15) is 0 Å². The van der Waals surface area contributed by atoms with Gasteiger partial charge >= 0.3 is 0 Å². The highest BCUT2D eigenvalue weighted by Gasteiger charge is 2.49. The van der Waals surface area contributed by atoms with Gasteiger partial charge in [-0.3, -0.25) is 0 Å². The molecule has 146 valence electrons. The van der Waals surface area contributed by atoms with E-state index in [0.717, 1.165) is 24.3 Å². The lowest BCUT2D eigenvalue weighted by Gasteiger charge is -2.34. The summed E-state index contributed by atoms with van der Waals surface area (Å²) >= 11 is 0. The number of hydrogen-bond acceptors (Lipinski definition) is 5. The summed E-state index contributed by atoms with van der Waals surface area (Å²) in [5, 5.41) is 18.2. The summed E-state index contributed by atoms with van der Waals surface area (Å²) in [6.45, 7) is 9.97. The first kappa shape index (κ1) is 19.7. The van der Waals surface area contributed by atoms with E-state index in [4.69, 9.17) is 24.4 Å². The summed E-state index contributed by atoms with van der Waals surface area (Å²) < 4.78 is 16.5. The fourth-order valence-corrected chi connectivity index (χ4v) is 3.02. The van der Waals surface area contributed by atoms with Gasteiger partial charge in [0.25, 0.3) is 0 Å². The zero-order valence-electron chi connectivity index (χ0n) is 16.3. The molecule has 27 heavy (non-hydrogen) atoms. The number of hydrogen-bond donors (Lipinski definition) is 2. The largest absolute Gasteiger partial charge is 0.508 e. The molecule has 2 N–H and O–H groups in total. The van der Waals surface area contributed by atoms with Crippen LogP contribution in [0.4, 0.5) is 0 Å². The number of epoxide rings is 2. The molecule has 0 aromatic heterocycles. The van der Waals surface area contributed by atoms with Crippen LogP contribution < -0.4 is 0 Å². The van der Waals surface area contributed by atoms with Crippen molar-refractivity contribution in [2.75, 3.05) is 13.2 Å². The highest BCUT2D eigenvalue weighted by Crippen LogP contribution is 2.36. The maximum absolute atomic E-state index is 9.11. The first-order chi connectivity index (χ1) is 12.7. The fourth-order valence-electron chi connectivity index (χ4n) is 3.02. The highest BCUT2D eigenvalue weighted by molar-refractivity contribution is 5.64. The Labute approximate surface area is 160 Å². The standard InChI is InChI=1S/C12H10O2.C10H18O3/c13-11-5-1-9(2-6-11)10-3-7-12(14)8-4-10;1-9(2,7-5-11-7)13-10(3,4)8-6-12-8/h1-8,13-14H;7-8H,5-6H2,1-4H3. The van der Waals surface area contributed by atoms with Crippen LogP contribution >= 0.6 is 0 Å². The molecule has 2 atom stereocenters. The predicted octanol–water partition coefficient (Wildman–Crippen LogP) is 4.12. The van der Waals surface area contributed by atoms with Crippen molar-refractivity contribution in [3.05, 3.63) is 48.5 Å². The SMILES string of the molecule is CC(C)(OC(C)(C)C1CO1)C1CO1.Oc1ccc(-c2ccc(O)cc2)cc1. The Morgan fingerprint density at radius 2 is 1.00 bits per heavy atom. The Bertz CT molecular complexity index is 676. The van der Waals surface area contributed by atoms with E-state index in [-0.39, 0.29) is 34.9 Å². The van der Waals surface area contributed by atoms with Crippen LogP contribution in [0.1, 0.15) is 27.7 Å². The van der Waals surface area contributed by atoms with Gasteiger partial charge < -0.3 is 24.4 Å². The van der Waals surface area contributed by atoms with E-state index in [9.17, 15) is 0 Å². The first-order valence-corrected chi connectivity index (χ1v) is 9.19. The molecule has 2 aliphatic heterocycles. The quantitative estimate of drug-likeness (QED) is 0.772. The number of ether oxygens (including phenoxy) is 3. The van der Waals surface area contributed by atoms with E-state index >= 15 is 0 Å². The molecule has 0 spiro atoms. The number of benzene rings is 2. The van der Waals surface area contributed by atoms with E-state index < -0.39 is 0 Å². The monoisotopic (exact) mass is 372 g/mol. The van der Waals surface area contributed by atoms with Crippen molar-refractivity contribution in [3.8, 4) is 22.6 Å². The molecule has 4 rings (SSSR count). The first-order valence-electron chi connectivity index (χ1n) is 9.19. The van der Waals surface area contributed by atoms with Crippen molar-refractivity contribution >= 4 is 0 Å². The fraction of sp³-hybridized carbons (Fsp3) is 0.455. The van der Waals surface area contributed by atoms with E-state index in [1.807, 2.05) is 24.3 Å². The van der Waals surface area contributed by atoms with Gasteiger partial charge in [-0.1, -0.05) is 24.3 Å². The Kier molecular flexibility index (Phi) is 5.47. The van der Waals surface area contributed by atoms with Gasteiger partial charge in [-0.25, -0.2) is 0 Å². The van der Waals surface area contributed by atoms with Crippen molar-refractivity contribution in [2.45, 2.75) is 51.1 Å². The van der Waals surface area contributed by atoms with E-state index in [0.29, 0.717) is 0 Å². The summed E-state index contributed by atoms with van der Waals surface area (Å²) in [6, 6.07) is 13.9. The average Bonchev–Trinajstić information content (AvgIpc) is 3.49. The maximum atomic E-state index is 9.11. The Morgan fingerprint density at radius 1 is 0.704 bits per heavy atom. The van der Waals surface area contributed by atoms with Gasteiger partial charge in [-0.15, -0.1) is 0 Å². The van der Waals surface area contributed by atoms with Gasteiger partial charge in [0, 0.05) is 0 Å². The minimum Gasteiger partial charge on any atom is -0.508 e. The van der Waals surface area contributed by atoms with Crippen molar-refractivity contribution < 1.29 is 24.4 Å². The molecule has 2 heterocycles. The van der Waals surface area contributed by atoms with Crippen LogP contribution in [0.2, 0.25) is 0 Å². The molecule has 2 unspecified atom stereocenters. The Hall–Kier alpha value is -2.08.